The smallest absolute Gasteiger partial charge is 0.325 e. The number of amides is 4. The molecule has 0 spiro atoms. The first-order valence-electron chi connectivity index (χ1n) is 8.39. The molecule has 1 fully saturated rings. The van der Waals surface area contributed by atoms with Crippen LogP contribution < -0.4 is 15.4 Å². The van der Waals surface area contributed by atoms with E-state index in [-0.39, 0.29) is 12.5 Å². The summed E-state index contributed by atoms with van der Waals surface area (Å²) in [6.07, 6.45) is 0.383. The Bertz CT molecular complexity index is 657. The third kappa shape index (κ3) is 3.75. The Labute approximate surface area is 147 Å². The van der Waals surface area contributed by atoms with Crippen LogP contribution in [0, 0.1) is 5.92 Å². The van der Waals surface area contributed by atoms with Crippen molar-refractivity contribution in [1.82, 2.24) is 15.5 Å². The molecular weight excluding hydrogens is 322 g/mol. The number of carbonyl (C=O) groups excluding carboxylic acids is 3. The zero-order valence-corrected chi connectivity index (χ0v) is 15.1. The van der Waals surface area contributed by atoms with Crippen molar-refractivity contribution in [2.75, 3.05) is 20.2 Å². The molecule has 7 heteroatoms. The van der Waals surface area contributed by atoms with Crippen LogP contribution in [-0.2, 0) is 15.1 Å². The maximum Gasteiger partial charge on any atom is 0.325 e. The molecule has 7 nitrogen and oxygen atoms in total. The molecule has 0 aromatic heterocycles. The molecule has 0 bridgehead atoms. The van der Waals surface area contributed by atoms with Gasteiger partial charge in [0, 0.05) is 6.54 Å². The number of hydrogen-bond acceptors (Lipinski definition) is 4. The highest BCUT2D eigenvalue weighted by Crippen LogP contribution is 2.33. The van der Waals surface area contributed by atoms with E-state index in [2.05, 4.69) is 10.6 Å². The fourth-order valence-corrected chi connectivity index (χ4v) is 2.80. The maximum atomic E-state index is 12.9. The van der Waals surface area contributed by atoms with E-state index in [4.69, 9.17) is 4.74 Å². The molecule has 1 heterocycles. The second kappa shape index (κ2) is 7.55. The van der Waals surface area contributed by atoms with Crippen molar-refractivity contribution in [1.29, 1.82) is 0 Å². The molecule has 136 valence electrons. The van der Waals surface area contributed by atoms with Gasteiger partial charge in [0.05, 0.1) is 7.11 Å². The molecule has 0 radical (unpaired) electrons. The Morgan fingerprint density at radius 2 is 1.92 bits per heavy atom. The number of hydrogen-bond donors (Lipinski definition) is 2. The summed E-state index contributed by atoms with van der Waals surface area (Å²) >= 11 is 0. The number of ether oxygens (including phenoxy) is 1. The number of imide groups is 1. The summed E-state index contributed by atoms with van der Waals surface area (Å²) < 4.78 is 5.13. The minimum atomic E-state index is -1.15. The van der Waals surface area contributed by atoms with Gasteiger partial charge in [-0.2, -0.15) is 0 Å². The minimum absolute atomic E-state index is 0.282. The standard InChI is InChI=1S/C18H25N3O4/c1-5-18(13-6-8-14(25-4)9-7-13)16(23)21(17(24)20-18)11-15(22)19-10-12(2)3/h6-9,12H,5,10-11H2,1-4H3,(H,19,22)(H,20,24)/t18-/m0/s1. The van der Waals surface area contributed by atoms with Gasteiger partial charge in [0.1, 0.15) is 17.8 Å². The highest BCUT2D eigenvalue weighted by Gasteiger charge is 2.51. The molecule has 1 aromatic carbocycles. The summed E-state index contributed by atoms with van der Waals surface area (Å²) in [5.74, 6) is 0.196. The van der Waals surface area contributed by atoms with Crippen LogP contribution in [0.25, 0.3) is 0 Å². The summed E-state index contributed by atoms with van der Waals surface area (Å²) in [5.41, 5.74) is -0.485. The zero-order valence-electron chi connectivity index (χ0n) is 15.1. The van der Waals surface area contributed by atoms with Crippen molar-refractivity contribution in [2.45, 2.75) is 32.7 Å². The lowest BCUT2D eigenvalue weighted by Gasteiger charge is -2.26. The van der Waals surface area contributed by atoms with Crippen LogP contribution in [0.15, 0.2) is 24.3 Å². The summed E-state index contributed by atoms with van der Waals surface area (Å²) in [6.45, 7) is 5.99. The molecule has 1 aliphatic rings. The molecule has 1 aromatic rings. The first-order valence-corrected chi connectivity index (χ1v) is 8.39. The van der Waals surface area contributed by atoms with E-state index in [1.54, 1.807) is 31.4 Å². The molecule has 25 heavy (non-hydrogen) atoms. The average Bonchev–Trinajstić information content (AvgIpc) is 2.85. The Morgan fingerprint density at radius 3 is 2.44 bits per heavy atom. The normalized spacial score (nSPS) is 20.0. The highest BCUT2D eigenvalue weighted by molar-refractivity contribution is 6.09. The molecule has 1 atom stereocenters. The summed E-state index contributed by atoms with van der Waals surface area (Å²) in [4.78, 5) is 38.2. The van der Waals surface area contributed by atoms with Gasteiger partial charge in [-0.25, -0.2) is 4.79 Å². The lowest BCUT2D eigenvalue weighted by molar-refractivity contribution is -0.135. The van der Waals surface area contributed by atoms with Crippen molar-refractivity contribution >= 4 is 17.8 Å². The average molecular weight is 347 g/mol. The first kappa shape index (κ1) is 18.8. The van der Waals surface area contributed by atoms with Gasteiger partial charge in [-0.05, 0) is 30.0 Å². The lowest BCUT2D eigenvalue weighted by atomic mass is 9.87. The Morgan fingerprint density at radius 1 is 1.28 bits per heavy atom. The quantitative estimate of drug-likeness (QED) is 0.734. The largest absolute Gasteiger partial charge is 0.497 e. The van der Waals surface area contributed by atoms with Crippen LogP contribution in [-0.4, -0.2) is 42.9 Å². The molecule has 4 amide bonds. The molecule has 2 N–H and O–H groups in total. The highest BCUT2D eigenvalue weighted by atomic mass is 16.5. The van der Waals surface area contributed by atoms with Crippen molar-refractivity contribution in [3.8, 4) is 5.75 Å². The molecule has 2 rings (SSSR count). The number of benzene rings is 1. The van der Waals surface area contributed by atoms with E-state index in [0.29, 0.717) is 30.2 Å². The van der Waals surface area contributed by atoms with Gasteiger partial charge in [0.25, 0.3) is 5.91 Å². The lowest BCUT2D eigenvalue weighted by Crippen LogP contribution is -2.45. The predicted molar refractivity (Wildman–Crippen MR) is 93.1 cm³/mol. The first-order chi connectivity index (χ1) is 11.8. The topological polar surface area (TPSA) is 87.7 Å². The van der Waals surface area contributed by atoms with Gasteiger partial charge in [-0.1, -0.05) is 32.9 Å². The second-order valence-electron chi connectivity index (χ2n) is 6.51. The molecular formula is C18H25N3O4. The summed E-state index contributed by atoms with van der Waals surface area (Å²) in [5, 5.41) is 5.48. The number of methoxy groups -OCH3 is 1. The van der Waals surface area contributed by atoms with Gasteiger partial charge in [-0.15, -0.1) is 0 Å². The van der Waals surface area contributed by atoms with Crippen LogP contribution in [0.2, 0.25) is 0 Å². The van der Waals surface area contributed by atoms with E-state index in [9.17, 15) is 14.4 Å². The molecule has 1 aliphatic heterocycles. The van der Waals surface area contributed by atoms with Crippen LogP contribution in [0.5, 0.6) is 5.75 Å². The van der Waals surface area contributed by atoms with Crippen molar-refractivity contribution in [3.63, 3.8) is 0 Å². The molecule has 0 unspecified atom stereocenters. The zero-order chi connectivity index (χ0) is 18.6. The van der Waals surface area contributed by atoms with E-state index in [1.165, 1.54) is 0 Å². The SMILES string of the molecule is CC[C@@]1(c2ccc(OC)cc2)NC(=O)N(CC(=O)NCC(C)C)C1=O. The Kier molecular flexibility index (Phi) is 5.66. The van der Waals surface area contributed by atoms with Gasteiger partial charge in [0.15, 0.2) is 0 Å². The van der Waals surface area contributed by atoms with Crippen molar-refractivity contribution in [3.05, 3.63) is 29.8 Å². The summed E-state index contributed by atoms with van der Waals surface area (Å²) in [6, 6.07) is 6.43. The number of nitrogens with zero attached hydrogens (tertiary/aromatic N) is 1. The number of nitrogens with one attached hydrogen (secondary N) is 2. The molecule has 1 saturated heterocycles. The summed E-state index contributed by atoms with van der Waals surface area (Å²) in [7, 11) is 1.56. The van der Waals surface area contributed by atoms with E-state index >= 15 is 0 Å². The fraction of sp³-hybridized carbons (Fsp3) is 0.500. The van der Waals surface area contributed by atoms with Crippen LogP contribution in [0.1, 0.15) is 32.8 Å². The molecule has 0 saturated carbocycles. The number of rotatable bonds is 7. The van der Waals surface area contributed by atoms with Crippen molar-refractivity contribution < 1.29 is 19.1 Å². The number of urea groups is 1. The second-order valence-corrected chi connectivity index (χ2v) is 6.51. The predicted octanol–water partition coefficient (Wildman–Crippen LogP) is 1.62. The van der Waals surface area contributed by atoms with Gasteiger partial charge < -0.3 is 15.4 Å². The van der Waals surface area contributed by atoms with Crippen molar-refractivity contribution in [2.24, 2.45) is 5.92 Å². The van der Waals surface area contributed by atoms with Gasteiger partial charge in [-0.3, -0.25) is 14.5 Å². The van der Waals surface area contributed by atoms with E-state index in [1.807, 2.05) is 20.8 Å². The van der Waals surface area contributed by atoms with E-state index in [0.717, 1.165) is 4.90 Å². The Hall–Kier alpha value is -2.57. The third-order valence-corrected chi connectivity index (χ3v) is 4.30. The molecule has 0 aliphatic carbocycles. The monoisotopic (exact) mass is 347 g/mol. The fourth-order valence-electron chi connectivity index (χ4n) is 2.80. The maximum absolute atomic E-state index is 12.9. The van der Waals surface area contributed by atoms with Crippen LogP contribution in [0.4, 0.5) is 4.79 Å². The van der Waals surface area contributed by atoms with Crippen LogP contribution in [0.3, 0.4) is 0 Å². The minimum Gasteiger partial charge on any atom is -0.497 e. The van der Waals surface area contributed by atoms with E-state index < -0.39 is 17.5 Å². The third-order valence-electron chi connectivity index (χ3n) is 4.30. The van der Waals surface area contributed by atoms with Gasteiger partial charge >= 0.3 is 6.03 Å². The Balaban J connectivity index is 2.20. The van der Waals surface area contributed by atoms with Gasteiger partial charge in [0.2, 0.25) is 5.91 Å². The van der Waals surface area contributed by atoms with Crippen LogP contribution >= 0.6 is 0 Å². The number of carbonyl (C=O) groups is 3.